The minimum Gasteiger partial charge on any atom is -0.397 e. The molecule has 0 aliphatic heterocycles. The second-order valence-corrected chi connectivity index (χ2v) is 6.20. The Morgan fingerprint density at radius 1 is 1.47 bits per heavy atom. The van der Waals surface area contributed by atoms with Gasteiger partial charge in [-0.15, -0.1) is 11.3 Å². The molecule has 0 saturated carbocycles. The van der Waals surface area contributed by atoms with Crippen LogP contribution in [0.4, 0.5) is 10.1 Å². The lowest BCUT2D eigenvalue weighted by atomic mass is 10.0. The van der Waals surface area contributed by atoms with Gasteiger partial charge in [0.25, 0.3) is 5.91 Å². The first-order valence-electron chi connectivity index (χ1n) is 6.14. The number of hydrogen-bond acceptors (Lipinski definition) is 3. The third kappa shape index (κ3) is 2.56. The summed E-state index contributed by atoms with van der Waals surface area (Å²) in [6.07, 6.45) is 0.803. The van der Waals surface area contributed by atoms with E-state index in [4.69, 9.17) is 5.73 Å². The zero-order chi connectivity index (χ0) is 14.2. The number of benzene rings is 1. The molecule has 0 aliphatic carbocycles. The van der Waals surface area contributed by atoms with E-state index in [-0.39, 0.29) is 23.0 Å². The number of anilines is 1. The van der Waals surface area contributed by atoms with Crippen LogP contribution in [-0.2, 0) is 0 Å². The van der Waals surface area contributed by atoms with Crippen LogP contribution in [0.2, 0.25) is 0 Å². The van der Waals surface area contributed by atoms with Crippen LogP contribution in [0.25, 0.3) is 10.1 Å². The van der Waals surface area contributed by atoms with Gasteiger partial charge in [-0.3, -0.25) is 4.79 Å². The average Bonchev–Trinajstić information content (AvgIpc) is 2.68. The Kier molecular flexibility index (Phi) is 3.49. The van der Waals surface area contributed by atoms with Crippen LogP contribution in [0.1, 0.15) is 36.9 Å². The third-order valence-corrected chi connectivity index (χ3v) is 4.41. The summed E-state index contributed by atoms with van der Waals surface area (Å²) in [5.41, 5.74) is 5.83. The number of carbonyl (C=O) groups is 1. The van der Waals surface area contributed by atoms with E-state index in [0.717, 1.165) is 6.42 Å². The van der Waals surface area contributed by atoms with E-state index in [9.17, 15) is 9.18 Å². The highest BCUT2D eigenvalue weighted by Crippen LogP contribution is 2.35. The second kappa shape index (κ2) is 4.81. The molecule has 0 fully saturated rings. The number of hydrogen-bond donors (Lipinski definition) is 2. The molecule has 0 spiro atoms. The minimum absolute atomic E-state index is 0.225. The lowest BCUT2D eigenvalue weighted by Gasteiger charge is -2.24. The van der Waals surface area contributed by atoms with Crippen molar-refractivity contribution in [1.29, 1.82) is 0 Å². The Bertz CT molecular complexity index is 634. The molecular weight excluding hydrogens is 263 g/mol. The van der Waals surface area contributed by atoms with Gasteiger partial charge in [-0.2, -0.15) is 0 Å². The molecule has 2 rings (SSSR count). The SMILES string of the molecule is CCC(C)(C)NC(=O)c1sc2cccc(F)c2c1N. The van der Waals surface area contributed by atoms with Crippen molar-refractivity contribution in [3.8, 4) is 0 Å². The Labute approximate surface area is 115 Å². The van der Waals surface area contributed by atoms with E-state index >= 15 is 0 Å². The highest BCUT2D eigenvalue weighted by atomic mass is 32.1. The first-order chi connectivity index (χ1) is 8.85. The van der Waals surface area contributed by atoms with Gasteiger partial charge in [0.2, 0.25) is 0 Å². The number of thiophene rings is 1. The van der Waals surface area contributed by atoms with Crippen molar-refractivity contribution < 1.29 is 9.18 Å². The number of nitrogens with one attached hydrogen (secondary N) is 1. The smallest absolute Gasteiger partial charge is 0.263 e. The molecule has 0 bridgehead atoms. The number of nitrogen functional groups attached to an aromatic ring is 1. The molecule has 1 aromatic heterocycles. The Balaban J connectivity index is 2.44. The molecule has 5 heteroatoms. The topological polar surface area (TPSA) is 55.1 Å². The maximum Gasteiger partial charge on any atom is 0.263 e. The fraction of sp³-hybridized carbons (Fsp3) is 0.357. The van der Waals surface area contributed by atoms with Crippen LogP contribution in [0, 0.1) is 5.82 Å². The van der Waals surface area contributed by atoms with Crippen LogP contribution >= 0.6 is 11.3 Å². The van der Waals surface area contributed by atoms with Crippen LogP contribution in [-0.4, -0.2) is 11.4 Å². The van der Waals surface area contributed by atoms with E-state index in [0.29, 0.717) is 15.0 Å². The number of rotatable bonds is 3. The predicted molar refractivity (Wildman–Crippen MR) is 78.0 cm³/mol. The summed E-state index contributed by atoms with van der Waals surface area (Å²) in [5, 5.41) is 3.25. The molecule has 19 heavy (non-hydrogen) atoms. The van der Waals surface area contributed by atoms with Gasteiger partial charge in [-0.1, -0.05) is 13.0 Å². The molecule has 0 saturated heterocycles. The quantitative estimate of drug-likeness (QED) is 0.903. The summed E-state index contributed by atoms with van der Waals surface area (Å²) in [5.74, 6) is -0.634. The molecule has 0 radical (unpaired) electrons. The van der Waals surface area contributed by atoms with E-state index in [1.165, 1.54) is 17.4 Å². The van der Waals surface area contributed by atoms with Crippen LogP contribution in [0.15, 0.2) is 18.2 Å². The Morgan fingerprint density at radius 2 is 2.16 bits per heavy atom. The van der Waals surface area contributed by atoms with Gasteiger partial charge in [0.1, 0.15) is 10.7 Å². The molecule has 0 atom stereocenters. The van der Waals surface area contributed by atoms with Gasteiger partial charge in [-0.25, -0.2) is 4.39 Å². The van der Waals surface area contributed by atoms with Gasteiger partial charge in [0.05, 0.1) is 11.1 Å². The predicted octanol–water partition coefficient (Wildman–Crippen LogP) is 3.54. The van der Waals surface area contributed by atoms with E-state index in [1.54, 1.807) is 12.1 Å². The molecule has 3 nitrogen and oxygen atoms in total. The van der Waals surface area contributed by atoms with Crippen LogP contribution in [0.5, 0.6) is 0 Å². The number of nitrogens with two attached hydrogens (primary N) is 1. The molecule has 0 aliphatic rings. The molecule has 3 N–H and O–H groups in total. The number of carbonyl (C=O) groups excluding carboxylic acids is 1. The fourth-order valence-electron chi connectivity index (χ4n) is 1.75. The van der Waals surface area contributed by atoms with Crippen molar-refractivity contribution in [3.05, 3.63) is 28.9 Å². The molecule has 1 heterocycles. The van der Waals surface area contributed by atoms with Crippen molar-refractivity contribution in [2.45, 2.75) is 32.7 Å². The minimum atomic E-state index is -0.389. The maximum atomic E-state index is 13.7. The van der Waals surface area contributed by atoms with E-state index in [1.807, 2.05) is 20.8 Å². The molecule has 1 aromatic carbocycles. The third-order valence-electron chi connectivity index (χ3n) is 3.24. The average molecular weight is 280 g/mol. The molecule has 102 valence electrons. The number of halogens is 1. The van der Waals surface area contributed by atoms with Gasteiger partial charge < -0.3 is 11.1 Å². The summed E-state index contributed by atoms with van der Waals surface area (Å²) in [6.45, 7) is 5.87. The monoisotopic (exact) mass is 280 g/mol. The molecule has 0 unspecified atom stereocenters. The summed E-state index contributed by atoms with van der Waals surface area (Å²) in [7, 11) is 0. The molecular formula is C14H17FN2OS. The second-order valence-electron chi connectivity index (χ2n) is 5.15. The van der Waals surface area contributed by atoms with Crippen molar-refractivity contribution >= 4 is 33.0 Å². The zero-order valence-corrected chi connectivity index (χ0v) is 12.0. The normalized spacial score (nSPS) is 11.8. The summed E-state index contributed by atoms with van der Waals surface area (Å²) < 4.78 is 14.4. The van der Waals surface area contributed by atoms with Gasteiger partial charge >= 0.3 is 0 Å². The van der Waals surface area contributed by atoms with E-state index in [2.05, 4.69) is 5.32 Å². The Morgan fingerprint density at radius 3 is 2.74 bits per heavy atom. The number of fused-ring (bicyclic) bond motifs is 1. The van der Waals surface area contributed by atoms with Crippen molar-refractivity contribution in [2.24, 2.45) is 0 Å². The summed E-state index contributed by atoms with van der Waals surface area (Å²) in [4.78, 5) is 12.6. The summed E-state index contributed by atoms with van der Waals surface area (Å²) >= 11 is 1.22. The maximum absolute atomic E-state index is 13.7. The van der Waals surface area contributed by atoms with Crippen LogP contribution < -0.4 is 11.1 Å². The van der Waals surface area contributed by atoms with Crippen molar-refractivity contribution in [1.82, 2.24) is 5.32 Å². The highest BCUT2D eigenvalue weighted by Gasteiger charge is 2.23. The van der Waals surface area contributed by atoms with Gasteiger partial charge in [0.15, 0.2) is 0 Å². The van der Waals surface area contributed by atoms with E-state index < -0.39 is 0 Å². The first-order valence-corrected chi connectivity index (χ1v) is 6.96. The largest absolute Gasteiger partial charge is 0.397 e. The first kappa shape index (κ1) is 13.8. The number of amides is 1. The summed E-state index contributed by atoms with van der Waals surface area (Å²) in [6, 6.07) is 4.73. The molecule has 1 amide bonds. The van der Waals surface area contributed by atoms with Gasteiger partial charge in [0, 0.05) is 10.2 Å². The zero-order valence-electron chi connectivity index (χ0n) is 11.2. The standard InChI is InChI=1S/C14H17FN2OS/c1-4-14(2,3)17-13(18)12-11(16)10-8(15)6-5-7-9(10)19-12/h5-7H,4,16H2,1-3H3,(H,17,18). The fourth-order valence-corrected chi connectivity index (χ4v) is 2.78. The van der Waals surface area contributed by atoms with Gasteiger partial charge in [-0.05, 0) is 32.4 Å². The lowest BCUT2D eigenvalue weighted by Crippen LogP contribution is -2.42. The Hall–Kier alpha value is -1.62. The highest BCUT2D eigenvalue weighted by molar-refractivity contribution is 7.21. The van der Waals surface area contributed by atoms with Crippen LogP contribution in [0.3, 0.4) is 0 Å². The van der Waals surface area contributed by atoms with Crippen molar-refractivity contribution in [2.75, 3.05) is 5.73 Å². The lowest BCUT2D eigenvalue weighted by molar-refractivity contribution is 0.0916. The molecule has 2 aromatic rings. The van der Waals surface area contributed by atoms with Crippen molar-refractivity contribution in [3.63, 3.8) is 0 Å².